The van der Waals surface area contributed by atoms with Crippen LogP contribution in [0.5, 0.6) is 0 Å². The SMILES string of the molecule is Nc1ncnc2c1ncn2[C@@H]1O[C@H](COP(=O)(O)CP(=O)(O)OP(O)(O)=S)[C@H](O)C1O. The molecule has 174 valence electrons. The first-order valence-electron chi connectivity index (χ1n) is 8.19. The number of ether oxygens (including phenoxy) is 1. The van der Waals surface area contributed by atoms with Crippen LogP contribution in [0.4, 0.5) is 5.82 Å². The fourth-order valence-electron chi connectivity index (χ4n) is 2.80. The summed E-state index contributed by atoms with van der Waals surface area (Å²) in [7, 11) is -9.83. The average molecular weight is 521 g/mol. The van der Waals surface area contributed by atoms with Crippen LogP contribution in [0.3, 0.4) is 0 Å². The van der Waals surface area contributed by atoms with E-state index in [0.717, 1.165) is 6.33 Å². The van der Waals surface area contributed by atoms with Gasteiger partial charge in [0, 0.05) is 0 Å². The molecular formula is C11H18N5O11P3S. The number of aliphatic hydroxyl groups is 2. The molecule has 0 amide bonds. The van der Waals surface area contributed by atoms with Crippen molar-refractivity contribution in [2.24, 2.45) is 0 Å². The van der Waals surface area contributed by atoms with Gasteiger partial charge in [-0.25, -0.2) is 19.3 Å². The Bertz CT molecular complexity index is 1110. The van der Waals surface area contributed by atoms with Crippen molar-refractivity contribution in [2.75, 3.05) is 18.2 Å². The van der Waals surface area contributed by atoms with Gasteiger partial charge in [0.15, 0.2) is 23.6 Å². The molecule has 0 aromatic carbocycles. The summed E-state index contributed by atoms with van der Waals surface area (Å²) in [5.41, 5.74) is 6.11. The van der Waals surface area contributed by atoms with E-state index >= 15 is 0 Å². The maximum Gasteiger partial charge on any atom is 0.347 e. The highest BCUT2D eigenvalue weighted by atomic mass is 32.5. The van der Waals surface area contributed by atoms with Gasteiger partial charge in [-0.15, -0.1) is 0 Å². The second kappa shape index (κ2) is 8.80. The molecule has 0 spiro atoms. The van der Waals surface area contributed by atoms with Crippen molar-refractivity contribution in [1.82, 2.24) is 19.5 Å². The van der Waals surface area contributed by atoms with Crippen LogP contribution in [0.1, 0.15) is 6.23 Å². The predicted molar refractivity (Wildman–Crippen MR) is 106 cm³/mol. The van der Waals surface area contributed by atoms with E-state index in [-0.39, 0.29) is 17.0 Å². The fraction of sp³-hybridized carbons (Fsp3) is 0.545. The first-order valence-corrected chi connectivity index (χ1v) is 14.3. The van der Waals surface area contributed by atoms with Crippen molar-refractivity contribution in [3.8, 4) is 0 Å². The van der Waals surface area contributed by atoms with Crippen LogP contribution < -0.4 is 5.73 Å². The Balaban J connectivity index is 1.69. The van der Waals surface area contributed by atoms with Gasteiger partial charge in [-0.3, -0.25) is 13.7 Å². The maximum atomic E-state index is 12.1. The van der Waals surface area contributed by atoms with Crippen molar-refractivity contribution in [3.63, 3.8) is 0 Å². The summed E-state index contributed by atoms with van der Waals surface area (Å²) in [4.78, 5) is 48.9. The summed E-state index contributed by atoms with van der Waals surface area (Å²) in [6.45, 7) is -5.36. The lowest BCUT2D eigenvalue weighted by molar-refractivity contribution is -0.0483. The Labute approximate surface area is 178 Å². The smallest absolute Gasteiger partial charge is 0.347 e. The number of imidazole rings is 1. The van der Waals surface area contributed by atoms with Crippen molar-refractivity contribution < 1.29 is 52.5 Å². The van der Waals surface area contributed by atoms with E-state index in [9.17, 15) is 29.1 Å². The van der Waals surface area contributed by atoms with E-state index in [1.165, 1.54) is 10.9 Å². The zero-order valence-corrected chi connectivity index (χ0v) is 18.7. The zero-order chi connectivity index (χ0) is 23.2. The molecule has 0 radical (unpaired) electrons. The second-order valence-corrected chi connectivity index (χ2v) is 13.4. The van der Waals surface area contributed by atoms with Gasteiger partial charge in [-0.05, 0) is 11.8 Å². The molecule has 1 saturated heterocycles. The number of nitrogens with zero attached hydrogens (tertiary/aromatic N) is 4. The van der Waals surface area contributed by atoms with Gasteiger partial charge in [-0.2, -0.15) is 0 Å². The largest absolute Gasteiger partial charge is 0.387 e. The molecule has 1 fully saturated rings. The lowest BCUT2D eigenvalue weighted by atomic mass is 10.1. The van der Waals surface area contributed by atoms with Crippen molar-refractivity contribution in [3.05, 3.63) is 12.7 Å². The zero-order valence-electron chi connectivity index (χ0n) is 15.2. The third-order valence-corrected chi connectivity index (χ3v) is 9.91. The molecule has 3 rings (SSSR count). The molecule has 0 bridgehead atoms. The van der Waals surface area contributed by atoms with Crippen molar-refractivity contribution >= 4 is 50.7 Å². The molecule has 2 aromatic heterocycles. The molecule has 0 saturated carbocycles. The van der Waals surface area contributed by atoms with E-state index < -0.39 is 59.0 Å². The quantitative estimate of drug-likeness (QED) is 0.197. The molecule has 31 heavy (non-hydrogen) atoms. The number of anilines is 1. The summed E-state index contributed by atoms with van der Waals surface area (Å²) in [6.07, 6.45) is -3.27. The topological polar surface area (TPSA) is 253 Å². The predicted octanol–water partition coefficient (Wildman–Crippen LogP) is -1.40. The molecule has 3 unspecified atom stereocenters. The summed E-state index contributed by atoms with van der Waals surface area (Å²) in [6, 6.07) is 0. The van der Waals surface area contributed by atoms with E-state index in [4.69, 9.17) is 24.8 Å². The monoisotopic (exact) mass is 521 g/mol. The number of aromatic nitrogens is 4. The number of hydrogen-bond acceptors (Lipinski definition) is 12. The minimum Gasteiger partial charge on any atom is -0.387 e. The van der Waals surface area contributed by atoms with Gasteiger partial charge in [-0.1, -0.05) is 0 Å². The number of aliphatic hydroxyl groups excluding tert-OH is 2. The van der Waals surface area contributed by atoms with Crippen LogP contribution in [0.25, 0.3) is 11.2 Å². The molecular weight excluding hydrogens is 503 g/mol. The van der Waals surface area contributed by atoms with Crippen LogP contribution in [0.2, 0.25) is 0 Å². The number of nitrogens with two attached hydrogens (primary N) is 1. The van der Waals surface area contributed by atoms with Gasteiger partial charge >= 0.3 is 21.9 Å². The number of rotatable bonds is 8. The van der Waals surface area contributed by atoms with Crippen LogP contribution in [0.15, 0.2) is 12.7 Å². The van der Waals surface area contributed by atoms with E-state index in [1.807, 2.05) is 0 Å². The van der Waals surface area contributed by atoms with Crippen LogP contribution >= 0.6 is 21.9 Å². The minimum absolute atomic E-state index is 0.0739. The number of fused-ring (bicyclic) bond motifs is 1. The first-order chi connectivity index (χ1) is 14.2. The average Bonchev–Trinajstić information content (AvgIpc) is 3.13. The highest BCUT2D eigenvalue weighted by Gasteiger charge is 2.46. The summed E-state index contributed by atoms with van der Waals surface area (Å²) in [5, 5.41) is 20.5. The maximum absolute atomic E-state index is 12.1. The molecule has 8 N–H and O–H groups in total. The highest BCUT2D eigenvalue weighted by Crippen LogP contribution is 2.64. The Hall–Kier alpha value is -0.900. The lowest BCUT2D eigenvalue weighted by Crippen LogP contribution is -2.33. The molecule has 1 aliphatic heterocycles. The van der Waals surface area contributed by atoms with Crippen LogP contribution in [-0.2, 0) is 34.5 Å². The van der Waals surface area contributed by atoms with Gasteiger partial charge in [0.2, 0.25) is 0 Å². The fourth-order valence-corrected chi connectivity index (χ4v) is 8.25. The Kier molecular flexibility index (Phi) is 7.02. The van der Waals surface area contributed by atoms with Crippen molar-refractivity contribution in [1.29, 1.82) is 0 Å². The van der Waals surface area contributed by atoms with Crippen molar-refractivity contribution in [2.45, 2.75) is 24.5 Å². The normalized spacial score (nSPS) is 28.5. The highest BCUT2D eigenvalue weighted by molar-refractivity contribution is 8.08. The molecule has 0 aliphatic carbocycles. The Morgan fingerprint density at radius 1 is 1.13 bits per heavy atom. The molecule has 1 aliphatic rings. The van der Waals surface area contributed by atoms with Crippen LogP contribution in [0, 0.1) is 0 Å². The van der Waals surface area contributed by atoms with Crippen LogP contribution in [-0.4, -0.2) is 80.1 Å². The van der Waals surface area contributed by atoms with Gasteiger partial charge in [0.25, 0.3) is 0 Å². The number of nitrogen functional groups attached to an aromatic ring is 1. The van der Waals surface area contributed by atoms with Gasteiger partial charge in [0.05, 0.1) is 12.9 Å². The number of hydrogen-bond donors (Lipinski definition) is 7. The summed E-state index contributed by atoms with van der Waals surface area (Å²) in [5.74, 6) is -1.43. The lowest BCUT2D eigenvalue weighted by Gasteiger charge is -2.20. The first kappa shape index (κ1) is 24.7. The molecule has 2 aromatic rings. The summed E-state index contributed by atoms with van der Waals surface area (Å²) >= 11 is 4.05. The third-order valence-electron chi connectivity index (χ3n) is 4.03. The standard InChI is InChI=1S/C11H18N5O11P3S/c12-9-6-10(14-2-13-9)16(3-15-6)11-8(18)7(17)5(26-11)1-25-28(19,20)4-29(21,22)27-30(23,24)31/h2-3,5,7-8,11,17-18H,1,4H2,(H,19,20)(H,21,22)(H2,12,13,14)(H2,23,24,31)/t5-,7+,8?,11-/m1/s1. The summed E-state index contributed by atoms with van der Waals surface area (Å²) < 4.78 is 39.2. The third kappa shape index (κ3) is 5.92. The second-order valence-electron chi connectivity index (χ2n) is 6.41. The van der Waals surface area contributed by atoms with Gasteiger partial charge in [0.1, 0.15) is 30.2 Å². The van der Waals surface area contributed by atoms with E-state index in [2.05, 4.69) is 31.1 Å². The van der Waals surface area contributed by atoms with Gasteiger partial charge < -0.3 is 44.8 Å². The molecule has 6 atom stereocenters. The Morgan fingerprint density at radius 2 is 1.81 bits per heavy atom. The van der Waals surface area contributed by atoms with E-state index in [1.54, 1.807) is 0 Å². The molecule has 16 nitrogen and oxygen atoms in total. The molecule has 20 heteroatoms. The molecule has 3 heterocycles. The van der Waals surface area contributed by atoms with E-state index in [0.29, 0.717) is 0 Å². The Morgan fingerprint density at radius 3 is 2.45 bits per heavy atom. The minimum atomic E-state index is -4.99.